The van der Waals surface area contributed by atoms with Crippen LogP contribution in [-0.4, -0.2) is 48.6 Å². The standard InChI is InChI=1S/C20H25N3O3.ClH/c1-3-25-18-8-7-15(12-19(18)26-4-2)20(24)23-11-10-22-14-17(23)16-6-5-9-21-13-16;/h5-9,12-13,17,22H,3-4,10-11,14H2,1-2H3;1H. The second kappa shape index (κ2) is 10.1. The number of carbonyl (C=O) groups is 1. The largest absolute Gasteiger partial charge is 0.490 e. The van der Waals surface area contributed by atoms with Gasteiger partial charge in [-0.05, 0) is 43.7 Å². The quantitative estimate of drug-likeness (QED) is 0.819. The van der Waals surface area contributed by atoms with Gasteiger partial charge in [0.2, 0.25) is 0 Å². The molecule has 1 aliphatic rings. The molecule has 1 amide bonds. The van der Waals surface area contributed by atoms with Crippen LogP contribution in [0.3, 0.4) is 0 Å². The molecule has 7 heteroatoms. The lowest BCUT2D eigenvalue weighted by molar-refractivity contribution is 0.0633. The average molecular weight is 392 g/mol. The molecule has 1 fully saturated rings. The molecule has 0 saturated carbocycles. The molecule has 146 valence electrons. The smallest absolute Gasteiger partial charge is 0.254 e. The molecule has 3 rings (SSSR count). The van der Waals surface area contributed by atoms with Crippen LogP contribution in [0.2, 0.25) is 0 Å². The van der Waals surface area contributed by atoms with Crippen molar-refractivity contribution >= 4 is 18.3 Å². The molecule has 2 heterocycles. The third-order valence-electron chi connectivity index (χ3n) is 4.36. The fraction of sp³-hybridized carbons (Fsp3) is 0.400. The number of nitrogens with zero attached hydrogens (tertiary/aromatic N) is 2. The predicted octanol–water partition coefficient (Wildman–Crippen LogP) is 3.09. The van der Waals surface area contributed by atoms with Gasteiger partial charge >= 0.3 is 0 Å². The van der Waals surface area contributed by atoms with Crippen molar-refractivity contribution in [2.75, 3.05) is 32.8 Å². The van der Waals surface area contributed by atoms with E-state index in [0.717, 1.165) is 12.1 Å². The van der Waals surface area contributed by atoms with Gasteiger partial charge in [-0.3, -0.25) is 9.78 Å². The van der Waals surface area contributed by atoms with Gasteiger partial charge in [0, 0.05) is 37.6 Å². The van der Waals surface area contributed by atoms with Gasteiger partial charge in [-0.25, -0.2) is 0 Å². The molecule has 1 unspecified atom stereocenters. The van der Waals surface area contributed by atoms with E-state index in [4.69, 9.17) is 9.47 Å². The molecule has 1 atom stereocenters. The summed E-state index contributed by atoms with van der Waals surface area (Å²) in [5.41, 5.74) is 1.64. The maximum atomic E-state index is 13.2. The summed E-state index contributed by atoms with van der Waals surface area (Å²) in [5.74, 6) is 1.26. The lowest BCUT2D eigenvalue weighted by atomic mass is 10.0. The van der Waals surface area contributed by atoms with Crippen LogP contribution >= 0.6 is 12.4 Å². The van der Waals surface area contributed by atoms with Crippen molar-refractivity contribution in [2.45, 2.75) is 19.9 Å². The number of aromatic nitrogens is 1. The highest BCUT2D eigenvalue weighted by atomic mass is 35.5. The highest BCUT2D eigenvalue weighted by Crippen LogP contribution is 2.30. The van der Waals surface area contributed by atoms with Crippen LogP contribution in [0.25, 0.3) is 0 Å². The normalized spacial score (nSPS) is 16.4. The number of hydrogen-bond acceptors (Lipinski definition) is 5. The highest BCUT2D eigenvalue weighted by Gasteiger charge is 2.29. The molecule has 0 aliphatic carbocycles. The first-order valence-electron chi connectivity index (χ1n) is 9.05. The summed E-state index contributed by atoms with van der Waals surface area (Å²) < 4.78 is 11.3. The molecule has 1 N–H and O–H groups in total. The highest BCUT2D eigenvalue weighted by molar-refractivity contribution is 5.95. The van der Waals surface area contributed by atoms with E-state index in [1.165, 1.54) is 0 Å². The Morgan fingerprint density at radius 1 is 1.22 bits per heavy atom. The first-order valence-corrected chi connectivity index (χ1v) is 9.05. The summed E-state index contributed by atoms with van der Waals surface area (Å²) in [6.07, 6.45) is 3.56. The maximum absolute atomic E-state index is 13.2. The van der Waals surface area contributed by atoms with Gasteiger partial charge in [0.05, 0.1) is 19.3 Å². The van der Waals surface area contributed by atoms with Gasteiger partial charge in [-0.1, -0.05) is 6.07 Å². The maximum Gasteiger partial charge on any atom is 0.254 e. The third-order valence-corrected chi connectivity index (χ3v) is 4.36. The Kier molecular flexibility index (Phi) is 7.88. The molecule has 1 saturated heterocycles. The minimum Gasteiger partial charge on any atom is -0.490 e. The molecule has 2 aromatic rings. The number of carbonyl (C=O) groups excluding carboxylic acids is 1. The molecule has 1 aromatic heterocycles. The van der Waals surface area contributed by atoms with Crippen molar-refractivity contribution in [2.24, 2.45) is 0 Å². The Bertz CT molecular complexity index is 743. The van der Waals surface area contributed by atoms with Crippen molar-refractivity contribution in [3.8, 4) is 11.5 Å². The van der Waals surface area contributed by atoms with Crippen LogP contribution in [0.1, 0.15) is 35.8 Å². The molecule has 1 aliphatic heterocycles. The van der Waals surface area contributed by atoms with Crippen LogP contribution in [-0.2, 0) is 0 Å². The minimum absolute atomic E-state index is 0. The van der Waals surface area contributed by atoms with Gasteiger partial charge in [-0.2, -0.15) is 0 Å². The third kappa shape index (κ3) is 4.90. The fourth-order valence-corrected chi connectivity index (χ4v) is 3.17. The van der Waals surface area contributed by atoms with Crippen LogP contribution in [0.15, 0.2) is 42.7 Å². The summed E-state index contributed by atoms with van der Waals surface area (Å²) in [5, 5.41) is 3.36. The summed E-state index contributed by atoms with van der Waals surface area (Å²) in [7, 11) is 0. The van der Waals surface area contributed by atoms with E-state index >= 15 is 0 Å². The number of pyridine rings is 1. The van der Waals surface area contributed by atoms with E-state index in [0.29, 0.717) is 43.4 Å². The Morgan fingerprint density at radius 2 is 2.00 bits per heavy atom. The van der Waals surface area contributed by atoms with E-state index in [1.807, 2.05) is 43.1 Å². The lowest BCUT2D eigenvalue weighted by Gasteiger charge is -2.36. The zero-order valence-corrected chi connectivity index (χ0v) is 16.5. The van der Waals surface area contributed by atoms with Gasteiger partial charge < -0.3 is 19.7 Å². The van der Waals surface area contributed by atoms with Crippen molar-refractivity contribution in [1.29, 1.82) is 0 Å². The summed E-state index contributed by atoms with van der Waals surface area (Å²) in [4.78, 5) is 19.3. The molecule has 0 radical (unpaired) electrons. The number of benzene rings is 1. The monoisotopic (exact) mass is 391 g/mol. The Hall–Kier alpha value is -2.31. The number of amides is 1. The SMILES string of the molecule is CCOc1ccc(C(=O)N2CCNCC2c2cccnc2)cc1OCC.Cl. The van der Waals surface area contributed by atoms with Crippen LogP contribution < -0.4 is 14.8 Å². The van der Waals surface area contributed by atoms with Crippen molar-refractivity contribution < 1.29 is 14.3 Å². The Balaban J connectivity index is 0.00000261. The minimum atomic E-state index is -0.0351. The lowest BCUT2D eigenvalue weighted by Crippen LogP contribution is -2.48. The van der Waals surface area contributed by atoms with E-state index in [1.54, 1.807) is 18.3 Å². The number of nitrogens with one attached hydrogen (secondary N) is 1. The topological polar surface area (TPSA) is 63.7 Å². The molecule has 1 aromatic carbocycles. The first kappa shape index (κ1) is 21.0. The summed E-state index contributed by atoms with van der Waals surface area (Å²) in [6, 6.07) is 9.26. The van der Waals surface area contributed by atoms with Gasteiger partial charge in [0.25, 0.3) is 5.91 Å². The van der Waals surface area contributed by atoms with E-state index in [9.17, 15) is 4.79 Å². The molecule has 27 heavy (non-hydrogen) atoms. The van der Waals surface area contributed by atoms with Crippen molar-refractivity contribution in [3.63, 3.8) is 0 Å². The van der Waals surface area contributed by atoms with Crippen molar-refractivity contribution in [3.05, 3.63) is 53.9 Å². The molecular formula is C20H26ClN3O3. The second-order valence-electron chi connectivity index (χ2n) is 6.03. The summed E-state index contributed by atoms with van der Waals surface area (Å²) >= 11 is 0. The van der Waals surface area contributed by atoms with E-state index in [-0.39, 0.29) is 24.4 Å². The van der Waals surface area contributed by atoms with Crippen LogP contribution in [0, 0.1) is 0 Å². The zero-order valence-electron chi connectivity index (χ0n) is 15.7. The van der Waals surface area contributed by atoms with Gasteiger partial charge in [0.15, 0.2) is 11.5 Å². The number of halogens is 1. The van der Waals surface area contributed by atoms with Gasteiger partial charge in [0.1, 0.15) is 0 Å². The number of piperazine rings is 1. The number of rotatable bonds is 6. The fourth-order valence-electron chi connectivity index (χ4n) is 3.17. The molecule has 0 bridgehead atoms. The first-order chi connectivity index (χ1) is 12.7. The van der Waals surface area contributed by atoms with Crippen LogP contribution in [0.5, 0.6) is 11.5 Å². The van der Waals surface area contributed by atoms with Crippen LogP contribution in [0.4, 0.5) is 0 Å². The molecular weight excluding hydrogens is 366 g/mol. The van der Waals surface area contributed by atoms with Gasteiger partial charge in [-0.15, -0.1) is 12.4 Å². The average Bonchev–Trinajstić information content (AvgIpc) is 2.70. The molecule has 0 spiro atoms. The predicted molar refractivity (Wildman–Crippen MR) is 107 cm³/mol. The Labute approximate surface area is 166 Å². The Morgan fingerprint density at radius 3 is 2.70 bits per heavy atom. The second-order valence-corrected chi connectivity index (χ2v) is 6.03. The number of hydrogen-bond donors (Lipinski definition) is 1. The summed E-state index contributed by atoms with van der Waals surface area (Å²) in [6.45, 7) is 7.05. The number of ether oxygens (including phenoxy) is 2. The molecule has 6 nitrogen and oxygen atoms in total. The van der Waals surface area contributed by atoms with Crippen molar-refractivity contribution in [1.82, 2.24) is 15.2 Å². The van der Waals surface area contributed by atoms with E-state index < -0.39 is 0 Å². The van der Waals surface area contributed by atoms with E-state index in [2.05, 4.69) is 10.3 Å². The zero-order chi connectivity index (χ0) is 18.4.